The maximum absolute atomic E-state index is 12.8. The Morgan fingerprint density at radius 3 is 2.60 bits per heavy atom. The minimum absolute atomic E-state index is 0.0914. The summed E-state index contributed by atoms with van der Waals surface area (Å²) in [5.41, 5.74) is 0.0914. The maximum Gasteiger partial charge on any atom is 0.303 e. The van der Waals surface area contributed by atoms with Crippen LogP contribution in [0.3, 0.4) is 0 Å². The van der Waals surface area contributed by atoms with E-state index >= 15 is 0 Å². The Morgan fingerprint density at radius 1 is 1.33 bits per heavy atom. The van der Waals surface area contributed by atoms with Crippen LogP contribution in [-0.4, -0.2) is 16.2 Å². The van der Waals surface area contributed by atoms with Crippen molar-refractivity contribution < 1.29 is 23.8 Å². The molecule has 3 nitrogen and oxygen atoms in total. The molecule has 82 valence electrons. The highest BCUT2D eigenvalue weighted by Gasteiger charge is 2.10. The summed E-state index contributed by atoms with van der Waals surface area (Å²) in [7, 11) is 0. The van der Waals surface area contributed by atoms with Crippen LogP contribution in [-0.2, 0) is 11.2 Å². The third-order valence-corrected chi connectivity index (χ3v) is 1.94. The SMILES string of the molecule is O=C(O)CCCc1cc(F)cc(F)c1O. The zero-order chi connectivity index (χ0) is 11.4. The number of benzene rings is 1. The molecule has 0 radical (unpaired) electrons. The van der Waals surface area contributed by atoms with Crippen LogP contribution in [0.1, 0.15) is 18.4 Å². The van der Waals surface area contributed by atoms with Gasteiger partial charge in [0, 0.05) is 12.5 Å². The van der Waals surface area contributed by atoms with Gasteiger partial charge >= 0.3 is 5.97 Å². The summed E-state index contributed by atoms with van der Waals surface area (Å²) in [5, 5.41) is 17.6. The molecule has 0 amide bonds. The van der Waals surface area contributed by atoms with Crippen LogP contribution in [0.25, 0.3) is 0 Å². The molecule has 0 aliphatic rings. The first kappa shape index (κ1) is 11.4. The van der Waals surface area contributed by atoms with Crippen molar-refractivity contribution in [3.8, 4) is 5.75 Å². The largest absolute Gasteiger partial charge is 0.505 e. The summed E-state index contributed by atoms with van der Waals surface area (Å²) in [4.78, 5) is 10.2. The van der Waals surface area contributed by atoms with Gasteiger partial charge in [-0.15, -0.1) is 0 Å². The lowest BCUT2D eigenvalue weighted by Gasteiger charge is -2.04. The molecule has 1 aromatic carbocycles. The molecule has 0 atom stereocenters. The molecule has 0 aliphatic heterocycles. The van der Waals surface area contributed by atoms with Crippen molar-refractivity contribution in [1.82, 2.24) is 0 Å². The van der Waals surface area contributed by atoms with Crippen molar-refractivity contribution in [2.45, 2.75) is 19.3 Å². The molecule has 2 N–H and O–H groups in total. The summed E-state index contributed by atoms with van der Waals surface area (Å²) in [6.45, 7) is 0. The number of aliphatic carboxylic acids is 1. The van der Waals surface area contributed by atoms with Crippen molar-refractivity contribution in [2.24, 2.45) is 0 Å². The molecule has 0 saturated carbocycles. The first-order chi connectivity index (χ1) is 7.00. The Hall–Kier alpha value is -1.65. The first-order valence-corrected chi connectivity index (χ1v) is 4.39. The number of halogens is 2. The van der Waals surface area contributed by atoms with Gasteiger partial charge in [0.05, 0.1) is 0 Å². The molecule has 15 heavy (non-hydrogen) atoms. The fourth-order valence-corrected chi connectivity index (χ4v) is 1.24. The molecular formula is C10H10F2O3. The second kappa shape index (κ2) is 4.72. The molecule has 0 bridgehead atoms. The van der Waals surface area contributed by atoms with E-state index in [2.05, 4.69) is 0 Å². The van der Waals surface area contributed by atoms with Crippen molar-refractivity contribution >= 4 is 5.97 Å². The first-order valence-electron chi connectivity index (χ1n) is 4.39. The number of hydrogen-bond donors (Lipinski definition) is 2. The third kappa shape index (κ3) is 3.19. The number of aryl methyl sites for hydroxylation is 1. The summed E-state index contributed by atoms with van der Waals surface area (Å²) in [5.74, 6) is -3.40. The van der Waals surface area contributed by atoms with Gasteiger partial charge in [-0.2, -0.15) is 0 Å². The zero-order valence-corrected chi connectivity index (χ0v) is 7.83. The summed E-state index contributed by atoms with van der Waals surface area (Å²) in [6.07, 6.45) is 0.260. The number of phenols is 1. The van der Waals surface area contributed by atoms with E-state index in [0.29, 0.717) is 6.07 Å². The molecule has 0 aromatic heterocycles. The van der Waals surface area contributed by atoms with Gasteiger partial charge in [0.25, 0.3) is 0 Å². The van der Waals surface area contributed by atoms with Crippen LogP contribution in [0.2, 0.25) is 0 Å². The highest BCUT2D eigenvalue weighted by atomic mass is 19.1. The van der Waals surface area contributed by atoms with Crippen LogP contribution < -0.4 is 0 Å². The Morgan fingerprint density at radius 2 is 2.00 bits per heavy atom. The zero-order valence-electron chi connectivity index (χ0n) is 7.83. The quantitative estimate of drug-likeness (QED) is 0.810. The Kier molecular flexibility index (Phi) is 3.60. The van der Waals surface area contributed by atoms with Gasteiger partial charge in [0.2, 0.25) is 0 Å². The minimum Gasteiger partial charge on any atom is -0.505 e. The Labute approximate surface area is 85.0 Å². The van der Waals surface area contributed by atoms with Crippen LogP contribution in [0.4, 0.5) is 8.78 Å². The number of aromatic hydroxyl groups is 1. The molecular weight excluding hydrogens is 206 g/mol. The lowest BCUT2D eigenvalue weighted by Crippen LogP contribution is -1.97. The van der Waals surface area contributed by atoms with E-state index in [4.69, 9.17) is 5.11 Å². The predicted molar refractivity (Wildman–Crippen MR) is 48.6 cm³/mol. The normalized spacial score (nSPS) is 10.3. The fraction of sp³-hybridized carbons (Fsp3) is 0.300. The lowest BCUT2D eigenvalue weighted by molar-refractivity contribution is -0.137. The number of carbonyl (C=O) groups is 1. The van der Waals surface area contributed by atoms with Gasteiger partial charge in [-0.05, 0) is 24.5 Å². The van der Waals surface area contributed by atoms with Crippen LogP contribution in [0.5, 0.6) is 5.75 Å². The van der Waals surface area contributed by atoms with Crippen molar-refractivity contribution in [2.75, 3.05) is 0 Å². The smallest absolute Gasteiger partial charge is 0.303 e. The number of carboxylic acids is 1. The van der Waals surface area contributed by atoms with Gasteiger partial charge in [0.15, 0.2) is 11.6 Å². The molecule has 0 unspecified atom stereocenters. The molecule has 0 heterocycles. The van der Waals surface area contributed by atoms with Crippen molar-refractivity contribution in [1.29, 1.82) is 0 Å². The van der Waals surface area contributed by atoms with E-state index in [-0.39, 0.29) is 24.8 Å². The van der Waals surface area contributed by atoms with E-state index in [1.165, 1.54) is 0 Å². The van der Waals surface area contributed by atoms with Gasteiger partial charge in [-0.1, -0.05) is 0 Å². The number of phenolic OH excluding ortho intramolecular Hbond substituents is 1. The molecule has 1 aromatic rings. The van der Waals surface area contributed by atoms with E-state index in [1.807, 2.05) is 0 Å². The molecule has 0 spiro atoms. The fourth-order valence-electron chi connectivity index (χ4n) is 1.24. The second-order valence-electron chi connectivity index (χ2n) is 3.14. The summed E-state index contributed by atoms with van der Waals surface area (Å²) < 4.78 is 25.5. The van der Waals surface area contributed by atoms with Crippen molar-refractivity contribution in [3.05, 3.63) is 29.3 Å². The standard InChI is InChI=1S/C10H10F2O3/c11-7-4-6(2-1-3-9(13)14)10(15)8(12)5-7/h4-5,15H,1-3H2,(H,13,14). The van der Waals surface area contributed by atoms with Gasteiger partial charge in [0.1, 0.15) is 5.82 Å². The molecule has 0 fully saturated rings. The van der Waals surface area contributed by atoms with E-state index < -0.39 is 23.4 Å². The van der Waals surface area contributed by atoms with Crippen LogP contribution in [0.15, 0.2) is 12.1 Å². The van der Waals surface area contributed by atoms with Crippen LogP contribution >= 0.6 is 0 Å². The molecule has 5 heteroatoms. The van der Waals surface area contributed by atoms with Gasteiger partial charge < -0.3 is 10.2 Å². The monoisotopic (exact) mass is 216 g/mol. The maximum atomic E-state index is 12.8. The van der Waals surface area contributed by atoms with Crippen molar-refractivity contribution in [3.63, 3.8) is 0 Å². The third-order valence-electron chi connectivity index (χ3n) is 1.94. The van der Waals surface area contributed by atoms with Gasteiger partial charge in [-0.3, -0.25) is 4.79 Å². The number of rotatable bonds is 4. The van der Waals surface area contributed by atoms with Crippen LogP contribution in [0, 0.1) is 11.6 Å². The number of carboxylic acid groups (broad SMARTS) is 1. The molecule has 0 aliphatic carbocycles. The predicted octanol–water partition coefficient (Wildman–Crippen LogP) is 2.08. The average Bonchev–Trinajstić information content (AvgIpc) is 2.12. The topological polar surface area (TPSA) is 57.5 Å². The lowest BCUT2D eigenvalue weighted by atomic mass is 10.1. The van der Waals surface area contributed by atoms with E-state index in [1.54, 1.807) is 0 Å². The summed E-state index contributed by atoms with van der Waals surface area (Å²) in [6, 6.07) is 1.58. The number of hydrogen-bond acceptors (Lipinski definition) is 2. The average molecular weight is 216 g/mol. The highest BCUT2D eigenvalue weighted by Crippen LogP contribution is 2.24. The summed E-state index contributed by atoms with van der Waals surface area (Å²) >= 11 is 0. The van der Waals surface area contributed by atoms with E-state index in [9.17, 15) is 18.7 Å². The Bertz CT molecular complexity index is 377. The second-order valence-corrected chi connectivity index (χ2v) is 3.14. The molecule has 1 rings (SSSR count). The Balaban J connectivity index is 2.72. The molecule has 0 saturated heterocycles. The van der Waals surface area contributed by atoms with Gasteiger partial charge in [-0.25, -0.2) is 8.78 Å². The minimum atomic E-state index is -1.03. The highest BCUT2D eigenvalue weighted by molar-refractivity contribution is 5.66. The van der Waals surface area contributed by atoms with E-state index in [0.717, 1.165) is 6.07 Å².